The number of ketones is 1. The lowest BCUT2D eigenvalue weighted by Gasteiger charge is -2.28. The molecular weight excluding hydrogens is 509 g/mol. The highest BCUT2D eigenvalue weighted by Crippen LogP contribution is 2.40. The molecule has 0 bridgehead atoms. The molecule has 212 valence electrons. The van der Waals surface area contributed by atoms with Crippen molar-refractivity contribution in [2.45, 2.75) is 44.2 Å². The number of ether oxygens (including phenoxy) is 5. The molecule has 0 spiro atoms. The largest absolute Gasteiger partial charge is 0.495 e. The minimum absolute atomic E-state index is 0.0435. The Morgan fingerprint density at radius 1 is 1.13 bits per heavy atom. The first-order valence-electron chi connectivity index (χ1n) is 13.2. The van der Waals surface area contributed by atoms with E-state index in [4.69, 9.17) is 23.7 Å². The van der Waals surface area contributed by atoms with E-state index in [2.05, 4.69) is 5.32 Å². The number of benzene rings is 2. The van der Waals surface area contributed by atoms with Gasteiger partial charge in [0.05, 0.1) is 56.8 Å². The number of rotatable bonds is 13. The molecule has 1 saturated heterocycles. The topological polar surface area (TPSA) is 113 Å². The average Bonchev–Trinajstić information content (AvgIpc) is 3.42. The second kappa shape index (κ2) is 13.8. The van der Waals surface area contributed by atoms with E-state index in [1.165, 1.54) is 19.2 Å². The first-order chi connectivity index (χ1) is 18.9. The van der Waals surface area contributed by atoms with Crippen LogP contribution < -0.4 is 14.8 Å². The number of Topliss-reactive ketones (excluding diaryl/α,β-unsaturated/α-hetero) is 1. The molecule has 9 nitrogen and oxygen atoms in total. The summed E-state index contributed by atoms with van der Waals surface area (Å²) >= 11 is 0. The molecule has 2 aromatic carbocycles. The predicted molar refractivity (Wildman–Crippen MR) is 140 cm³/mol. The van der Waals surface area contributed by atoms with E-state index < -0.39 is 18.0 Å². The number of aliphatic hydroxyl groups excluding tert-OH is 1. The van der Waals surface area contributed by atoms with E-state index >= 15 is 0 Å². The van der Waals surface area contributed by atoms with E-state index in [0.717, 1.165) is 5.56 Å². The quantitative estimate of drug-likeness (QED) is 0.292. The van der Waals surface area contributed by atoms with Crippen LogP contribution >= 0.6 is 0 Å². The molecule has 0 radical (unpaired) electrons. The van der Waals surface area contributed by atoms with Crippen molar-refractivity contribution in [3.8, 4) is 11.5 Å². The third kappa shape index (κ3) is 7.13. The second-order valence-electron chi connectivity index (χ2n) is 9.66. The summed E-state index contributed by atoms with van der Waals surface area (Å²) in [5, 5.41) is 13.1. The number of aliphatic hydroxyl groups is 1. The Morgan fingerprint density at radius 3 is 2.72 bits per heavy atom. The minimum atomic E-state index is -0.793. The molecule has 2 heterocycles. The van der Waals surface area contributed by atoms with Gasteiger partial charge in [-0.3, -0.25) is 9.59 Å². The number of halogens is 1. The van der Waals surface area contributed by atoms with Crippen LogP contribution in [0.25, 0.3) is 0 Å². The van der Waals surface area contributed by atoms with Crippen LogP contribution in [-0.2, 0) is 27.1 Å². The van der Waals surface area contributed by atoms with Gasteiger partial charge in [-0.05, 0) is 42.2 Å². The van der Waals surface area contributed by atoms with Crippen LogP contribution in [-0.4, -0.2) is 82.8 Å². The SMILES string of the molecule is COCCOCCCC(=O)c1ccc(Cc2cc(C(=O)N[C@H]3CCOC[C@@H]3O)c(OC)c3c2OCC3)cc1F. The average molecular weight is 546 g/mol. The summed E-state index contributed by atoms with van der Waals surface area (Å²) in [6.45, 7) is 2.40. The number of carbonyl (C=O) groups is 2. The monoisotopic (exact) mass is 545 g/mol. The minimum Gasteiger partial charge on any atom is -0.495 e. The van der Waals surface area contributed by atoms with Gasteiger partial charge in [-0.15, -0.1) is 0 Å². The van der Waals surface area contributed by atoms with Crippen molar-refractivity contribution in [1.82, 2.24) is 5.32 Å². The van der Waals surface area contributed by atoms with Crippen molar-refractivity contribution < 1.29 is 42.8 Å². The van der Waals surface area contributed by atoms with Crippen LogP contribution in [0.3, 0.4) is 0 Å². The molecule has 4 rings (SSSR count). The second-order valence-corrected chi connectivity index (χ2v) is 9.66. The van der Waals surface area contributed by atoms with Crippen molar-refractivity contribution in [2.75, 3.05) is 53.9 Å². The van der Waals surface area contributed by atoms with Crippen molar-refractivity contribution >= 4 is 11.7 Å². The lowest BCUT2D eigenvalue weighted by atomic mass is 9.95. The number of carbonyl (C=O) groups excluding carboxylic acids is 2. The molecule has 2 aromatic rings. The fourth-order valence-corrected chi connectivity index (χ4v) is 4.93. The van der Waals surface area contributed by atoms with Crippen molar-refractivity contribution in [2.24, 2.45) is 0 Å². The zero-order chi connectivity index (χ0) is 27.8. The van der Waals surface area contributed by atoms with Gasteiger partial charge in [0.25, 0.3) is 5.91 Å². The summed E-state index contributed by atoms with van der Waals surface area (Å²) < 4.78 is 42.0. The molecule has 10 heteroatoms. The molecule has 1 fully saturated rings. The van der Waals surface area contributed by atoms with E-state index in [1.54, 1.807) is 19.2 Å². The van der Waals surface area contributed by atoms with E-state index in [-0.39, 0.29) is 30.3 Å². The van der Waals surface area contributed by atoms with Gasteiger partial charge < -0.3 is 34.1 Å². The first-order valence-corrected chi connectivity index (χ1v) is 13.2. The summed E-state index contributed by atoms with van der Waals surface area (Å²) in [5.41, 5.74) is 2.51. The molecule has 0 aromatic heterocycles. The predicted octanol–water partition coefficient (Wildman–Crippen LogP) is 2.87. The molecule has 0 aliphatic carbocycles. The number of fused-ring (bicyclic) bond motifs is 1. The summed E-state index contributed by atoms with van der Waals surface area (Å²) in [7, 11) is 3.09. The maximum absolute atomic E-state index is 15.0. The van der Waals surface area contributed by atoms with E-state index in [0.29, 0.717) is 86.9 Å². The van der Waals surface area contributed by atoms with Gasteiger partial charge in [0.2, 0.25) is 0 Å². The Balaban J connectivity index is 1.49. The normalized spacial score (nSPS) is 18.4. The maximum Gasteiger partial charge on any atom is 0.255 e. The number of hydrogen-bond acceptors (Lipinski definition) is 8. The molecule has 0 saturated carbocycles. The fourth-order valence-electron chi connectivity index (χ4n) is 4.93. The Labute approximate surface area is 227 Å². The number of hydrogen-bond donors (Lipinski definition) is 2. The third-order valence-corrected chi connectivity index (χ3v) is 6.95. The number of nitrogens with one attached hydrogen (secondary N) is 1. The number of methoxy groups -OCH3 is 2. The maximum atomic E-state index is 15.0. The summed E-state index contributed by atoms with van der Waals surface area (Å²) in [4.78, 5) is 25.8. The van der Waals surface area contributed by atoms with Gasteiger partial charge in [-0.1, -0.05) is 6.07 Å². The standard InChI is InChI=1S/C29H36FNO8/c1-35-12-13-37-9-3-4-25(32)20-6-5-18(15-23(20)30)14-19-16-22(28(36-2)21-7-11-39-27(19)21)29(34)31-24-8-10-38-17-26(24)33/h5-6,15-16,24,26,33H,3-4,7-14,17H2,1-2H3,(H,31,34)/t24-,26-/m0/s1. The van der Waals surface area contributed by atoms with Gasteiger partial charge in [0.1, 0.15) is 17.3 Å². The van der Waals surface area contributed by atoms with Crippen LogP contribution in [0.2, 0.25) is 0 Å². The summed E-state index contributed by atoms with van der Waals surface area (Å²) in [6.07, 6.45) is 1.26. The molecule has 2 aliphatic heterocycles. The van der Waals surface area contributed by atoms with E-state index in [9.17, 15) is 19.1 Å². The first kappa shape index (κ1) is 28.9. The van der Waals surface area contributed by atoms with Gasteiger partial charge in [-0.2, -0.15) is 0 Å². The molecule has 0 unspecified atom stereocenters. The Morgan fingerprint density at radius 2 is 1.97 bits per heavy atom. The molecule has 1 amide bonds. The molecule has 39 heavy (non-hydrogen) atoms. The Hall–Kier alpha value is -3.05. The van der Waals surface area contributed by atoms with Crippen molar-refractivity contribution in [1.29, 1.82) is 0 Å². The Bertz CT molecular complexity index is 1170. The summed E-state index contributed by atoms with van der Waals surface area (Å²) in [5.74, 6) is -0.174. The van der Waals surface area contributed by atoms with Crippen LogP contribution in [0.5, 0.6) is 11.5 Å². The molecule has 2 atom stereocenters. The van der Waals surface area contributed by atoms with Gasteiger partial charge in [0.15, 0.2) is 5.78 Å². The molecule has 2 N–H and O–H groups in total. The van der Waals surface area contributed by atoms with Crippen LogP contribution in [0, 0.1) is 5.82 Å². The van der Waals surface area contributed by atoms with Crippen molar-refractivity contribution in [3.05, 3.63) is 57.9 Å². The van der Waals surface area contributed by atoms with E-state index in [1.807, 2.05) is 0 Å². The highest BCUT2D eigenvalue weighted by atomic mass is 19.1. The summed E-state index contributed by atoms with van der Waals surface area (Å²) in [6, 6.07) is 5.84. The molecule has 2 aliphatic rings. The lowest BCUT2D eigenvalue weighted by molar-refractivity contribution is -0.0261. The van der Waals surface area contributed by atoms with Gasteiger partial charge in [0, 0.05) is 45.1 Å². The van der Waals surface area contributed by atoms with Gasteiger partial charge >= 0.3 is 0 Å². The van der Waals surface area contributed by atoms with Crippen LogP contribution in [0.1, 0.15) is 56.7 Å². The zero-order valence-corrected chi connectivity index (χ0v) is 22.4. The molecular formula is C29H36FNO8. The number of amides is 1. The highest BCUT2D eigenvalue weighted by molar-refractivity contribution is 5.98. The fraction of sp³-hybridized carbons (Fsp3) is 0.517. The van der Waals surface area contributed by atoms with Crippen molar-refractivity contribution in [3.63, 3.8) is 0 Å². The third-order valence-electron chi connectivity index (χ3n) is 6.95. The smallest absolute Gasteiger partial charge is 0.255 e. The highest BCUT2D eigenvalue weighted by Gasteiger charge is 2.30. The van der Waals surface area contributed by atoms with Crippen LogP contribution in [0.4, 0.5) is 4.39 Å². The van der Waals surface area contributed by atoms with Gasteiger partial charge in [-0.25, -0.2) is 4.39 Å². The van der Waals surface area contributed by atoms with Crippen LogP contribution in [0.15, 0.2) is 24.3 Å². The lowest BCUT2D eigenvalue weighted by Crippen LogP contribution is -2.48. The zero-order valence-electron chi connectivity index (χ0n) is 22.4. The Kier molecular flexibility index (Phi) is 10.3.